The third-order valence-electron chi connectivity index (χ3n) is 2.67. The molecule has 0 aromatic heterocycles. The summed E-state index contributed by atoms with van der Waals surface area (Å²) in [7, 11) is 0. The Morgan fingerprint density at radius 2 is 2.44 bits per heavy atom. The van der Waals surface area contributed by atoms with E-state index >= 15 is 0 Å². The molecule has 0 aliphatic carbocycles. The number of ether oxygens (including phenoxy) is 2. The molecule has 2 rings (SSSR count). The summed E-state index contributed by atoms with van der Waals surface area (Å²) in [6.07, 6.45) is 1.02. The van der Waals surface area contributed by atoms with E-state index in [4.69, 9.17) is 20.5 Å². The van der Waals surface area contributed by atoms with E-state index in [-0.39, 0.29) is 0 Å². The summed E-state index contributed by atoms with van der Waals surface area (Å²) in [5, 5.41) is 8.96. The molecule has 4 heteroatoms. The molecule has 1 atom stereocenters. The normalized spacial score (nSPS) is 19.3. The first-order valence-electron chi connectivity index (χ1n) is 5.30. The molecule has 0 unspecified atom stereocenters. The number of hydrogen-bond donors (Lipinski definition) is 1. The van der Waals surface area contributed by atoms with E-state index in [1.807, 2.05) is 0 Å². The highest BCUT2D eigenvalue weighted by Gasteiger charge is 2.17. The summed E-state index contributed by atoms with van der Waals surface area (Å²) in [6, 6.07) is 7.31. The molecule has 2 N–H and O–H groups in total. The van der Waals surface area contributed by atoms with Crippen molar-refractivity contribution in [3.05, 3.63) is 23.8 Å². The lowest BCUT2D eigenvalue weighted by Crippen LogP contribution is -2.12. The average molecular weight is 218 g/mol. The van der Waals surface area contributed by atoms with Crippen LogP contribution in [0.3, 0.4) is 0 Å². The van der Waals surface area contributed by atoms with E-state index in [0.717, 1.165) is 19.6 Å². The minimum Gasteiger partial charge on any atom is -0.492 e. The molecular formula is C12H14N2O2. The van der Waals surface area contributed by atoms with Crippen molar-refractivity contribution in [1.82, 2.24) is 0 Å². The Labute approximate surface area is 94.6 Å². The molecule has 1 fully saturated rings. The lowest BCUT2D eigenvalue weighted by Gasteiger charge is -2.12. The van der Waals surface area contributed by atoms with Crippen LogP contribution in [-0.4, -0.2) is 19.8 Å². The predicted octanol–water partition coefficient (Wildman–Crippen LogP) is 1.56. The summed E-state index contributed by atoms with van der Waals surface area (Å²) in [5.74, 6) is 0.988. The van der Waals surface area contributed by atoms with Crippen LogP contribution >= 0.6 is 0 Å². The van der Waals surface area contributed by atoms with E-state index in [1.54, 1.807) is 18.2 Å². The first-order valence-corrected chi connectivity index (χ1v) is 5.30. The zero-order chi connectivity index (χ0) is 11.4. The topological polar surface area (TPSA) is 68.3 Å². The second kappa shape index (κ2) is 4.86. The summed E-state index contributed by atoms with van der Waals surface area (Å²) >= 11 is 0. The molecule has 1 saturated heterocycles. The molecule has 84 valence electrons. The molecule has 1 aliphatic heterocycles. The van der Waals surface area contributed by atoms with Crippen LogP contribution in [0.4, 0.5) is 5.69 Å². The Bertz CT molecular complexity index is 406. The fraction of sp³-hybridized carbons (Fsp3) is 0.417. The Hall–Kier alpha value is -1.73. The molecule has 0 saturated carbocycles. The molecule has 1 aromatic rings. The second-order valence-electron chi connectivity index (χ2n) is 3.87. The predicted molar refractivity (Wildman–Crippen MR) is 60.0 cm³/mol. The third-order valence-corrected chi connectivity index (χ3v) is 2.67. The van der Waals surface area contributed by atoms with Gasteiger partial charge in [-0.2, -0.15) is 5.26 Å². The smallest absolute Gasteiger partial charge is 0.139 e. The molecule has 16 heavy (non-hydrogen) atoms. The van der Waals surface area contributed by atoms with Crippen molar-refractivity contribution >= 4 is 5.69 Å². The maximum atomic E-state index is 8.96. The quantitative estimate of drug-likeness (QED) is 0.781. The summed E-state index contributed by atoms with van der Waals surface area (Å²) < 4.78 is 10.9. The van der Waals surface area contributed by atoms with Gasteiger partial charge in [0.25, 0.3) is 0 Å². The highest BCUT2D eigenvalue weighted by molar-refractivity contribution is 5.60. The van der Waals surface area contributed by atoms with Crippen LogP contribution in [0.25, 0.3) is 0 Å². The number of nitrogens with two attached hydrogens (primary N) is 1. The number of rotatable bonds is 3. The molecule has 0 radical (unpaired) electrons. The van der Waals surface area contributed by atoms with Gasteiger partial charge in [0.1, 0.15) is 17.4 Å². The van der Waals surface area contributed by atoms with Gasteiger partial charge in [0.15, 0.2) is 0 Å². The minimum atomic E-state index is 0.418. The van der Waals surface area contributed by atoms with Crippen molar-refractivity contribution in [2.45, 2.75) is 6.42 Å². The standard InChI is InChI=1S/C12H14N2O2/c13-6-10-11(14)2-1-3-12(10)16-8-9-4-5-15-7-9/h1-3,9H,4-5,7-8,14H2/t9-/m0/s1. The molecule has 0 spiro atoms. The Kier molecular flexibility index (Phi) is 3.28. The molecule has 1 aliphatic rings. The van der Waals surface area contributed by atoms with Gasteiger partial charge < -0.3 is 15.2 Å². The Balaban J connectivity index is 2.03. The van der Waals surface area contributed by atoms with Gasteiger partial charge in [0.2, 0.25) is 0 Å². The fourth-order valence-corrected chi connectivity index (χ4v) is 1.71. The van der Waals surface area contributed by atoms with Crippen LogP contribution in [0.5, 0.6) is 5.75 Å². The van der Waals surface area contributed by atoms with Crippen LogP contribution < -0.4 is 10.5 Å². The van der Waals surface area contributed by atoms with Crippen LogP contribution in [-0.2, 0) is 4.74 Å². The van der Waals surface area contributed by atoms with Crippen LogP contribution in [0.1, 0.15) is 12.0 Å². The second-order valence-corrected chi connectivity index (χ2v) is 3.87. The lowest BCUT2D eigenvalue weighted by molar-refractivity contribution is 0.167. The molecule has 4 nitrogen and oxygen atoms in total. The van der Waals surface area contributed by atoms with Crippen molar-refractivity contribution < 1.29 is 9.47 Å². The van der Waals surface area contributed by atoms with Crippen LogP contribution in [0.2, 0.25) is 0 Å². The van der Waals surface area contributed by atoms with Gasteiger partial charge in [-0.1, -0.05) is 6.07 Å². The lowest BCUT2D eigenvalue weighted by atomic mass is 10.1. The SMILES string of the molecule is N#Cc1c(N)cccc1OC[C@H]1CCOC1. The first-order chi connectivity index (χ1) is 7.81. The first kappa shape index (κ1) is 10.8. The Morgan fingerprint density at radius 3 is 3.12 bits per heavy atom. The van der Waals surface area contributed by atoms with E-state index in [0.29, 0.717) is 29.5 Å². The van der Waals surface area contributed by atoms with Gasteiger partial charge >= 0.3 is 0 Å². The van der Waals surface area contributed by atoms with E-state index in [9.17, 15) is 0 Å². The average Bonchev–Trinajstić information content (AvgIpc) is 2.79. The number of hydrogen-bond acceptors (Lipinski definition) is 4. The third kappa shape index (κ3) is 2.26. The number of nitrogens with zero attached hydrogens (tertiary/aromatic N) is 1. The van der Waals surface area contributed by atoms with E-state index in [1.165, 1.54) is 0 Å². The highest BCUT2D eigenvalue weighted by atomic mass is 16.5. The fourth-order valence-electron chi connectivity index (χ4n) is 1.71. The molecule has 1 aromatic carbocycles. The van der Waals surface area contributed by atoms with Crippen molar-refractivity contribution in [2.75, 3.05) is 25.6 Å². The van der Waals surface area contributed by atoms with Gasteiger partial charge in [0.05, 0.1) is 18.9 Å². The summed E-state index contributed by atoms with van der Waals surface area (Å²) in [6.45, 7) is 2.12. The maximum Gasteiger partial charge on any atom is 0.139 e. The maximum absolute atomic E-state index is 8.96. The van der Waals surface area contributed by atoms with Gasteiger partial charge in [-0.25, -0.2) is 0 Å². The highest BCUT2D eigenvalue weighted by Crippen LogP contribution is 2.24. The summed E-state index contributed by atoms with van der Waals surface area (Å²) in [5.41, 5.74) is 6.57. The summed E-state index contributed by atoms with van der Waals surface area (Å²) in [4.78, 5) is 0. The number of nitriles is 1. The molecule has 1 heterocycles. The monoisotopic (exact) mass is 218 g/mol. The molecule has 0 bridgehead atoms. The van der Waals surface area contributed by atoms with Gasteiger partial charge in [-0.05, 0) is 18.6 Å². The molecule has 0 amide bonds. The number of benzene rings is 1. The van der Waals surface area contributed by atoms with Crippen molar-refractivity contribution in [3.8, 4) is 11.8 Å². The number of nitrogen functional groups attached to an aromatic ring is 1. The van der Waals surface area contributed by atoms with E-state index in [2.05, 4.69) is 6.07 Å². The van der Waals surface area contributed by atoms with Crippen molar-refractivity contribution in [2.24, 2.45) is 5.92 Å². The zero-order valence-electron chi connectivity index (χ0n) is 8.98. The van der Waals surface area contributed by atoms with Gasteiger partial charge in [-0.15, -0.1) is 0 Å². The van der Waals surface area contributed by atoms with Crippen molar-refractivity contribution in [1.29, 1.82) is 5.26 Å². The Morgan fingerprint density at radius 1 is 1.56 bits per heavy atom. The van der Waals surface area contributed by atoms with Crippen molar-refractivity contribution in [3.63, 3.8) is 0 Å². The molecular weight excluding hydrogens is 204 g/mol. The van der Waals surface area contributed by atoms with Crippen LogP contribution in [0.15, 0.2) is 18.2 Å². The minimum absolute atomic E-state index is 0.418. The zero-order valence-corrected chi connectivity index (χ0v) is 8.98. The van der Waals surface area contributed by atoms with E-state index < -0.39 is 0 Å². The van der Waals surface area contributed by atoms with Gasteiger partial charge in [-0.3, -0.25) is 0 Å². The number of anilines is 1. The van der Waals surface area contributed by atoms with Gasteiger partial charge in [0, 0.05) is 12.5 Å². The van der Waals surface area contributed by atoms with Crippen LogP contribution in [0, 0.1) is 17.2 Å². The largest absolute Gasteiger partial charge is 0.492 e.